The second kappa shape index (κ2) is 7.09. The molecule has 0 radical (unpaired) electrons. The number of benzene rings is 1. The van der Waals surface area contributed by atoms with E-state index in [1.165, 1.54) is 18.2 Å². The molecule has 0 saturated carbocycles. The predicted octanol–water partition coefficient (Wildman–Crippen LogP) is 3.17. The van der Waals surface area contributed by atoms with Gasteiger partial charge in [0.15, 0.2) is 0 Å². The van der Waals surface area contributed by atoms with Crippen LogP contribution in [-0.4, -0.2) is 17.6 Å². The van der Waals surface area contributed by atoms with Gasteiger partial charge in [-0.3, -0.25) is 4.79 Å². The van der Waals surface area contributed by atoms with Gasteiger partial charge in [0, 0.05) is 11.5 Å². The number of carbonyl (C=O) groups is 1. The lowest BCUT2D eigenvalue weighted by Crippen LogP contribution is -2.02. The van der Waals surface area contributed by atoms with E-state index in [0.29, 0.717) is 24.1 Å². The molecule has 0 bridgehead atoms. The van der Waals surface area contributed by atoms with Crippen molar-refractivity contribution in [2.75, 3.05) is 6.54 Å². The molecule has 0 heterocycles. The highest BCUT2D eigenvalue weighted by molar-refractivity contribution is 5.72. The number of halogens is 1. The summed E-state index contributed by atoms with van der Waals surface area (Å²) < 4.78 is 13.0. The van der Waals surface area contributed by atoms with Gasteiger partial charge in [0.2, 0.25) is 0 Å². The lowest BCUT2D eigenvalue weighted by Gasteiger charge is -2.03. The molecule has 94 valence electrons. The van der Waals surface area contributed by atoms with Crippen molar-refractivity contribution in [3.63, 3.8) is 0 Å². The first kappa shape index (κ1) is 13.7. The summed E-state index contributed by atoms with van der Waals surface area (Å²) in [5.41, 5.74) is 9.16. The average Bonchev–Trinajstić information content (AvgIpc) is 2.30. The average molecular weight is 249 g/mol. The maximum absolute atomic E-state index is 13.0. The van der Waals surface area contributed by atoms with Gasteiger partial charge in [-0.2, -0.15) is 0 Å². The Morgan fingerprint density at radius 1 is 1.56 bits per heavy atom. The Morgan fingerprint density at radius 3 is 3.00 bits per heavy atom. The molecular weight excluding hydrogens is 237 g/mol. The van der Waals surface area contributed by atoms with Crippen molar-refractivity contribution in [3.05, 3.63) is 51.7 Å². The van der Waals surface area contributed by atoms with Crippen molar-refractivity contribution in [3.8, 4) is 0 Å². The predicted molar refractivity (Wildman–Crippen MR) is 65.4 cm³/mol. The Balaban J connectivity index is 2.80. The van der Waals surface area contributed by atoms with Crippen molar-refractivity contribution >= 4 is 12.0 Å². The SMILES string of the molecule is [N-]=[N+]=NCCC=Cc1ccc(F)cc1CC(=O)O. The summed E-state index contributed by atoms with van der Waals surface area (Å²) in [7, 11) is 0. The Labute approximate surface area is 103 Å². The molecule has 0 unspecified atom stereocenters. The van der Waals surface area contributed by atoms with E-state index >= 15 is 0 Å². The summed E-state index contributed by atoms with van der Waals surface area (Å²) in [5.74, 6) is -1.47. The van der Waals surface area contributed by atoms with Crippen LogP contribution in [0.3, 0.4) is 0 Å². The van der Waals surface area contributed by atoms with Crippen molar-refractivity contribution in [2.24, 2.45) is 5.11 Å². The van der Waals surface area contributed by atoms with E-state index in [4.69, 9.17) is 10.6 Å². The summed E-state index contributed by atoms with van der Waals surface area (Å²) in [4.78, 5) is 13.3. The summed E-state index contributed by atoms with van der Waals surface area (Å²) in [5, 5.41) is 12.1. The normalized spacial score (nSPS) is 10.3. The zero-order chi connectivity index (χ0) is 13.4. The number of azide groups is 1. The smallest absolute Gasteiger partial charge is 0.307 e. The summed E-state index contributed by atoms with van der Waals surface area (Å²) in [6.45, 7) is 0.336. The van der Waals surface area contributed by atoms with Crippen molar-refractivity contribution in [1.82, 2.24) is 0 Å². The molecule has 1 rings (SSSR count). The Bertz CT molecular complexity index is 508. The topological polar surface area (TPSA) is 86.1 Å². The molecule has 0 aliphatic rings. The fraction of sp³-hybridized carbons (Fsp3) is 0.250. The lowest BCUT2D eigenvalue weighted by molar-refractivity contribution is -0.136. The summed E-state index contributed by atoms with van der Waals surface area (Å²) in [6.07, 6.45) is 3.78. The minimum absolute atomic E-state index is 0.228. The van der Waals surface area contributed by atoms with Crippen LogP contribution in [0.2, 0.25) is 0 Å². The molecule has 0 fully saturated rings. The summed E-state index contributed by atoms with van der Waals surface area (Å²) in [6, 6.07) is 4.01. The Morgan fingerprint density at radius 2 is 2.33 bits per heavy atom. The van der Waals surface area contributed by atoms with Crippen LogP contribution in [0.15, 0.2) is 29.4 Å². The monoisotopic (exact) mass is 249 g/mol. The molecule has 0 saturated heterocycles. The molecule has 1 aromatic carbocycles. The fourth-order valence-corrected chi connectivity index (χ4v) is 1.44. The number of rotatable bonds is 6. The number of hydrogen-bond acceptors (Lipinski definition) is 2. The van der Waals surface area contributed by atoms with Crippen LogP contribution >= 0.6 is 0 Å². The highest BCUT2D eigenvalue weighted by atomic mass is 19.1. The first-order valence-electron chi connectivity index (χ1n) is 5.31. The minimum atomic E-state index is -1.01. The Hall–Kier alpha value is -2.33. The third-order valence-corrected chi connectivity index (χ3v) is 2.20. The van der Waals surface area contributed by atoms with Crippen molar-refractivity contribution < 1.29 is 14.3 Å². The first-order chi connectivity index (χ1) is 8.63. The quantitative estimate of drug-likeness (QED) is 0.363. The molecule has 1 aromatic rings. The van der Waals surface area contributed by atoms with Gasteiger partial charge < -0.3 is 5.11 Å². The van der Waals surface area contributed by atoms with Gasteiger partial charge in [-0.15, -0.1) is 0 Å². The maximum atomic E-state index is 13.0. The molecular formula is C12H12FN3O2. The van der Waals surface area contributed by atoms with Gasteiger partial charge in [-0.1, -0.05) is 23.3 Å². The van der Waals surface area contributed by atoms with Crippen LogP contribution in [0, 0.1) is 5.82 Å². The van der Waals surface area contributed by atoms with Gasteiger partial charge in [-0.05, 0) is 35.2 Å². The highest BCUT2D eigenvalue weighted by Gasteiger charge is 2.06. The second-order valence-electron chi connectivity index (χ2n) is 3.56. The van der Waals surface area contributed by atoms with Crippen LogP contribution in [0.4, 0.5) is 4.39 Å². The third-order valence-electron chi connectivity index (χ3n) is 2.20. The number of nitrogens with zero attached hydrogens (tertiary/aromatic N) is 3. The van der Waals surface area contributed by atoms with Gasteiger partial charge in [0.1, 0.15) is 5.82 Å². The minimum Gasteiger partial charge on any atom is -0.481 e. The first-order valence-corrected chi connectivity index (χ1v) is 5.31. The second-order valence-corrected chi connectivity index (χ2v) is 3.56. The molecule has 1 N–H and O–H groups in total. The van der Waals surface area contributed by atoms with Crippen LogP contribution in [0.25, 0.3) is 16.5 Å². The molecule has 0 spiro atoms. The molecule has 0 amide bonds. The molecule has 0 aliphatic carbocycles. The van der Waals surface area contributed by atoms with Crippen LogP contribution in [-0.2, 0) is 11.2 Å². The van der Waals surface area contributed by atoms with E-state index in [1.807, 2.05) is 0 Å². The van der Waals surface area contributed by atoms with E-state index in [2.05, 4.69) is 10.0 Å². The fourth-order valence-electron chi connectivity index (χ4n) is 1.44. The largest absolute Gasteiger partial charge is 0.481 e. The van der Waals surface area contributed by atoms with Gasteiger partial charge in [0.25, 0.3) is 0 Å². The Kier molecular flexibility index (Phi) is 5.41. The van der Waals surface area contributed by atoms with Crippen LogP contribution < -0.4 is 0 Å². The zero-order valence-electron chi connectivity index (χ0n) is 9.58. The standard InChI is InChI=1S/C12H12FN3O2/c13-11-5-4-9(3-1-2-6-15-16-14)10(7-11)8-12(17)18/h1,3-5,7H,2,6,8H2,(H,17,18). The van der Waals surface area contributed by atoms with Crippen LogP contribution in [0.1, 0.15) is 17.5 Å². The van der Waals surface area contributed by atoms with Crippen LogP contribution in [0.5, 0.6) is 0 Å². The molecule has 6 heteroatoms. The third kappa shape index (κ3) is 4.67. The van der Waals surface area contributed by atoms with E-state index in [0.717, 1.165) is 0 Å². The number of aliphatic carboxylic acids is 1. The van der Waals surface area contributed by atoms with E-state index in [1.54, 1.807) is 12.2 Å². The molecule has 0 aliphatic heterocycles. The molecule has 18 heavy (non-hydrogen) atoms. The molecule has 0 atom stereocenters. The van der Waals surface area contributed by atoms with Gasteiger partial charge in [0.05, 0.1) is 6.42 Å². The lowest BCUT2D eigenvalue weighted by atomic mass is 10.0. The maximum Gasteiger partial charge on any atom is 0.307 e. The van der Waals surface area contributed by atoms with Crippen molar-refractivity contribution in [2.45, 2.75) is 12.8 Å². The van der Waals surface area contributed by atoms with E-state index < -0.39 is 11.8 Å². The van der Waals surface area contributed by atoms with Crippen molar-refractivity contribution in [1.29, 1.82) is 0 Å². The van der Waals surface area contributed by atoms with Gasteiger partial charge in [-0.25, -0.2) is 4.39 Å². The molecule has 5 nitrogen and oxygen atoms in total. The summed E-state index contributed by atoms with van der Waals surface area (Å²) >= 11 is 0. The number of hydrogen-bond donors (Lipinski definition) is 1. The zero-order valence-corrected chi connectivity index (χ0v) is 9.58. The van der Waals surface area contributed by atoms with Gasteiger partial charge >= 0.3 is 5.97 Å². The number of carboxylic acid groups (broad SMARTS) is 1. The van der Waals surface area contributed by atoms with E-state index in [-0.39, 0.29) is 6.42 Å². The van der Waals surface area contributed by atoms with E-state index in [9.17, 15) is 9.18 Å². The number of carboxylic acids is 1. The highest BCUT2D eigenvalue weighted by Crippen LogP contribution is 2.14. The molecule has 0 aromatic heterocycles.